The molecule has 106 valence electrons. The van der Waals surface area contributed by atoms with Gasteiger partial charge in [0.05, 0.1) is 10.6 Å². The molecule has 0 saturated heterocycles. The minimum Gasteiger partial charge on any atom is -0.506 e. The number of rotatable bonds is 2. The van der Waals surface area contributed by atoms with Crippen molar-refractivity contribution >= 4 is 27.0 Å². The first-order chi connectivity index (χ1) is 9.48. The molecular formula is C13H14N2O3S2. The number of benzene rings is 1. The zero-order chi connectivity index (χ0) is 14.3. The van der Waals surface area contributed by atoms with Crippen LogP contribution in [0.15, 0.2) is 34.5 Å². The van der Waals surface area contributed by atoms with Gasteiger partial charge in [-0.1, -0.05) is 0 Å². The van der Waals surface area contributed by atoms with Crippen molar-refractivity contribution in [1.82, 2.24) is 4.31 Å². The van der Waals surface area contributed by atoms with Gasteiger partial charge in [0.1, 0.15) is 5.75 Å². The van der Waals surface area contributed by atoms with Gasteiger partial charge in [0.15, 0.2) is 0 Å². The van der Waals surface area contributed by atoms with Gasteiger partial charge in [-0.05, 0) is 41.6 Å². The van der Waals surface area contributed by atoms with E-state index in [1.807, 2.05) is 11.4 Å². The summed E-state index contributed by atoms with van der Waals surface area (Å²) in [5.41, 5.74) is 6.71. The quantitative estimate of drug-likeness (QED) is 0.654. The van der Waals surface area contributed by atoms with Crippen LogP contribution < -0.4 is 5.73 Å². The number of aromatic hydroxyl groups is 1. The number of nitrogens with two attached hydrogens (primary N) is 1. The molecule has 2 aromatic rings. The summed E-state index contributed by atoms with van der Waals surface area (Å²) in [5, 5.41) is 11.4. The number of fused-ring (bicyclic) bond motifs is 1. The lowest BCUT2D eigenvalue weighted by Crippen LogP contribution is -2.35. The molecule has 0 atom stereocenters. The van der Waals surface area contributed by atoms with E-state index in [0.29, 0.717) is 13.1 Å². The molecule has 3 N–H and O–H groups in total. The van der Waals surface area contributed by atoms with Gasteiger partial charge in [0.2, 0.25) is 10.0 Å². The van der Waals surface area contributed by atoms with Crippen molar-refractivity contribution < 1.29 is 13.5 Å². The fraction of sp³-hybridized carbons (Fsp3) is 0.231. The number of nitrogen functional groups attached to an aromatic ring is 1. The predicted molar refractivity (Wildman–Crippen MR) is 78.1 cm³/mol. The van der Waals surface area contributed by atoms with Crippen LogP contribution in [0.1, 0.15) is 10.4 Å². The maximum atomic E-state index is 12.6. The minimum atomic E-state index is -3.58. The molecule has 0 aliphatic carbocycles. The molecule has 1 aromatic heterocycles. The molecule has 0 unspecified atom stereocenters. The SMILES string of the molecule is Nc1cc(S(=O)(=O)N2CCc3sccc3C2)ccc1O. The lowest BCUT2D eigenvalue weighted by molar-refractivity contribution is 0.394. The molecule has 2 heterocycles. The van der Waals surface area contributed by atoms with Crippen molar-refractivity contribution in [2.24, 2.45) is 0 Å². The van der Waals surface area contributed by atoms with E-state index in [1.165, 1.54) is 27.4 Å². The van der Waals surface area contributed by atoms with Crippen molar-refractivity contribution in [3.63, 3.8) is 0 Å². The fourth-order valence-electron chi connectivity index (χ4n) is 2.27. The number of phenolic OH excluding ortho intramolecular Hbond substituents is 1. The van der Waals surface area contributed by atoms with E-state index >= 15 is 0 Å². The van der Waals surface area contributed by atoms with Gasteiger partial charge < -0.3 is 10.8 Å². The monoisotopic (exact) mass is 310 g/mol. The third kappa shape index (κ3) is 2.17. The molecule has 1 aromatic carbocycles. The third-order valence-electron chi connectivity index (χ3n) is 3.41. The maximum absolute atomic E-state index is 12.6. The minimum absolute atomic E-state index is 0.0688. The lowest BCUT2D eigenvalue weighted by Gasteiger charge is -2.26. The zero-order valence-electron chi connectivity index (χ0n) is 10.6. The van der Waals surface area contributed by atoms with Crippen LogP contribution in [0.5, 0.6) is 5.75 Å². The number of thiophene rings is 1. The van der Waals surface area contributed by atoms with E-state index in [4.69, 9.17) is 5.73 Å². The van der Waals surface area contributed by atoms with Gasteiger partial charge in [-0.15, -0.1) is 11.3 Å². The average Bonchev–Trinajstić information content (AvgIpc) is 2.89. The van der Waals surface area contributed by atoms with E-state index < -0.39 is 10.0 Å². The first-order valence-electron chi connectivity index (χ1n) is 6.12. The highest BCUT2D eigenvalue weighted by Crippen LogP contribution is 2.30. The highest BCUT2D eigenvalue weighted by molar-refractivity contribution is 7.89. The lowest BCUT2D eigenvalue weighted by atomic mass is 10.1. The standard InChI is InChI=1S/C13H14N2O3S2/c14-11-7-10(1-2-12(11)16)20(17,18)15-5-3-13-9(8-15)4-6-19-13/h1-2,4,6-7,16H,3,5,8,14H2. The van der Waals surface area contributed by atoms with E-state index in [-0.39, 0.29) is 16.3 Å². The number of anilines is 1. The summed E-state index contributed by atoms with van der Waals surface area (Å²) in [6.45, 7) is 0.860. The molecule has 1 aliphatic heterocycles. The molecule has 20 heavy (non-hydrogen) atoms. The molecular weight excluding hydrogens is 296 g/mol. The smallest absolute Gasteiger partial charge is 0.243 e. The molecule has 5 nitrogen and oxygen atoms in total. The molecule has 0 saturated carbocycles. The van der Waals surface area contributed by atoms with Gasteiger partial charge in [-0.3, -0.25) is 0 Å². The Balaban J connectivity index is 1.95. The molecule has 0 spiro atoms. The summed E-state index contributed by atoms with van der Waals surface area (Å²) in [7, 11) is -3.58. The van der Waals surface area contributed by atoms with Gasteiger partial charge >= 0.3 is 0 Å². The van der Waals surface area contributed by atoms with Crippen LogP contribution in [0.2, 0.25) is 0 Å². The van der Waals surface area contributed by atoms with Crippen LogP contribution in [-0.2, 0) is 23.0 Å². The zero-order valence-corrected chi connectivity index (χ0v) is 12.2. The highest BCUT2D eigenvalue weighted by atomic mass is 32.2. The first kappa shape index (κ1) is 13.4. The van der Waals surface area contributed by atoms with Crippen molar-refractivity contribution in [1.29, 1.82) is 0 Å². The highest BCUT2D eigenvalue weighted by Gasteiger charge is 2.29. The van der Waals surface area contributed by atoms with Crippen LogP contribution in [0.3, 0.4) is 0 Å². The molecule has 3 rings (SSSR count). The second kappa shape index (κ2) is 4.76. The van der Waals surface area contributed by atoms with Crippen LogP contribution in [0.4, 0.5) is 5.69 Å². The Kier molecular flexibility index (Phi) is 3.19. The Morgan fingerprint density at radius 1 is 1.30 bits per heavy atom. The average molecular weight is 310 g/mol. The van der Waals surface area contributed by atoms with Gasteiger partial charge in [-0.25, -0.2) is 8.42 Å². The van der Waals surface area contributed by atoms with Crippen LogP contribution >= 0.6 is 11.3 Å². The summed E-state index contributed by atoms with van der Waals surface area (Å²) in [6.07, 6.45) is 0.736. The van der Waals surface area contributed by atoms with Crippen molar-refractivity contribution in [2.45, 2.75) is 17.9 Å². The number of hydrogen-bond acceptors (Lipinski definition) is 5. The maximum Gasteiger partial charge on any atom is 0.243 e. The Morgan fingerprint density at radius 2 is 2.10 bits per heavy atom. The second-order valence-corrected chi connectivity index (χ2v) is 7.62. The van der Waals surface area contributed by atoms with Crippen molar-refractivity contribution in [3.05, 3.63) is 40.1 Å². The summed E-state index contributed by atoms with van der Waals surface area (Å²) in [5.74, 6) is -0.109. The number of sulfonamides is 1. The van der Waals surface area contributed by atoms with E-state index in [1.54, 1.807) is 11.3 Å². The first-order valence-corrected chi connectivity index (χ1v) is 8.44. The number of nitrogens with zero attached hydrogens (tertiary/aromatic N) is 1. The summed E-state index contributed by atoms with van der Waals surface area (Å²) >= 11 is 1.66. The predicted octanol–water partition coefficient (Wildman–Crippen LogP) is 1.78. The van der Waals surface area contributed by atoms with E-state index in [2.05, 4.69) is 0 Å². The summed E-state index contributed by atoms with van der Waals surface area (Å²) in [6, 6.07) is 5.95. The Labute approximate surface area is 121 Å². The molecule has 0 amide bonds. The number of hydrogen-bond donors (Lipinski definition) is 2. The Morgan fingerprint density at radius 3 is 2.85 bits per heavy atom. The fourth-order valence-corrected chi connectivity index (χ4v) is 4.61. The van der Waals surface area contributed by atoms with Crippen molar-refractivity contribution in [2.75, 3.05) is 12.3 Å². The van der Waals surface area contributed by atoms with Crippen LogP contribution in [-0.4, -0.2) is 24.4 Å². The molecule has 7 heteroatoms. The molecule has 0 bridgehead atoms. The van der Waals surface area contributed by atoms with Gasteiger partial charge in [0.25, 0.3) is 0 Å². The third-order valence-corrected chi connectivity index (χ3v) is 6.27. The summed E-state index contributed by atoms with van der Waals surface area (Å²) in [4.78, 5) is 1.37. The van der Waals surface area contributed by atoms with Crippen LogP contribution in [0, 0.1) is 0 Å². The molecule has 1 aliphatic rings. The van der Waals surface area contributed by atoms with Crippen LogP contribution in [0.25, 0.3) is 0 Å². The Bertz CT molecular complexity index is 753. The largest absolute Gasteiger partial charge is 0.506 e. The van der Waals surface area contributed by atoms with E-state index in [9.17, 15) is 13.5 Å². The molecule has 0 fully saturated rings. The van der Waals surface area contributed by atoms with Gasteiger partial charge in [0, 0.05) is 18.0 Å². The Hall–Kier alpha value is -1.57. The number of phenols is 1. The second-order valence-electron chi connectivity index (χ2n) is 4.68. The topological polar surface area (TPSA) is 83.6 Å². The van der Waals surface area contributed by atoms with E-state index in [0.717, 1.165) is 12.0 Å². The van der Waals surface area contributed by atoms with Gasteiger partial charge in [-0.2, -0.15) is 4.31 Å². The molecule has 0 radical (unpaired) electrons. The van der Waals surface area contributed by atoms with Crippen molar-refractivity contribution in [3.8, 4) is 5.75 Å². The summed E-state index contributed by atoms with van der Waals surface area (Å²) < 4.78 is 26.6. The normalized spacial score (nSPS) is 16.0.